The van der Waals surface area contributed by atoms with Crippen molar-refractivity contribution in [1.29, 1.82) is 0 Å². The lowest BCUT2D eigenvalue weighted by Crippen LogP contribution is -2.16. The summed E-state index contributed by atoms with van der Waals surface area (Å²) in [6.45, 7) is 0. The lowest BCUT2D eigenvalue weighted by Gasteiger charge is -2.11. The predicted octanol–water partition coefficient (Wildman–Crippen LogP) is 4.41. The second kappa shape index (κ2) is 7.38. The van der Waals surface area contributed by atoms with E-state index >= 15 is 0 Å². The van der Waals surface area contributed by atoms with Crippen LogP contribution in [0.4, 0.5) is 38.1 Å². The van der Waals surface area contributed by atoms with Gasteiger partial charge in [0, 0.05) is 11.3 Å². The summed E-state index contributed by atoms with van der Waals surface area (Å²) in [5.41, 5.74) is -2.37. The van der Waals surface area contributed by atoms with Gasteiger partial charge in [-0.3, -0.25) is 10.1 Å². The zero-order chi connectivity index (χ0) is 19.5. The van der Waals surface area contributed by atoms with Gasteiger partial charge in [-0.05, 0) is 36.4 Å². The lowest BCUT2D eigenvalue weighted by atomic mass is 10.1. The molecule has 0 atom stereocenters. The van der Waals surface area contributed by atoms with Crippen molar-refractivity contribution in [2.24, 2.45) is 0 Å². The molecule has 2 amide bonds. The summed E-state index contributed by atoms with van der Waals surface area (Å²) in [4.78, 5) is 23.2. The summed E-state index contributed by atoms with van der Waals surface area (Å²) in [6, 6.07) is 4.85. The Morgan fingerprint density at radius 2 is 1.62 bits per heavy atom. The minimum absolute atomic E-state index is 0.0133. The minimum Gasteiger partial charge on any atom is -0.453 e. The van der Waals surface area contributed by atoms with E-state index in [0.29, 0.717) is 12.1 Å². The number of alkyl halides is 3. The molecule has 0 radical (unpaired) electrons. The van der Waals surface area contributed by atoms with Crippen molar-refractivity contribution in [2.75, 3.05) is 17.7 Å². The molecule has 0 spiro atoms. The van der Waals surface area contributed by atoms with Crippen LogP contribution in [0.3, 0.4) is 0 Å². The van der Waals surface area contributed by atoms with Crippen molar-refractivity contribution in [2.45, 2.75) is 6.18 Å². The van der Waals surface area contributed by atoms with E-state index in [9.17, 15) is 31.5 Å². The van der Waals surface area contributed by atoms with Crippen LogP contribution >= 0.6 is 0 Å². The van der Waals surface area contributed by atoms with Crippen LogP contribution in [0.25, 0.3) is 0 Å². The number of ether oxygens (including phenoxy) is 1. The van der Waals surface area contributed by atoms with E-state index in [-0.39, 0.29) is 11.4 Å². The van der Waals surface area contributed by atoms with Crippen LogP contribution in [-0.4, -0.2) is 19.1 Å². The monoisotopic (exact) mass is 374 g/mol. The largest absolute Gasteiger partial charge is 0.453 e. The highest BCUT2D eigenvalue weighted by Crippen LogP contribution is 2.32. The molecular weight excluding hydrogens is 363 g/mol. The zero-order valence-corrected chi connectivity index (χ0v) is 13.1. The van der Waals surface area contributed by atoms with E-state index in [4.69, 9.17) is 0 Å². The summed E-state index contributed by atoms with van der Waals surface area (Å²) in [7, 11) is 1.06. The number of methoxy groups -OCH3 is 1. The third-order valence-corrected chi connectivity index (χ3v) is 3.18. The number of halogens is 5. The molecule has 26 heavy (non-hydrogen) atoms. The van der Waals surface area contributed by atoms with Crippen LogP contribution < -0.4 is 10.6 Å². The van der Waals surface area contributed by atoms with Crippen molar-refractivity contribution >= 4 is 23.4 Å². The maximum Gasteiger partial charge on any atom is 0.419 e. The number of rotatable bonds is 3. The van der Waals surface area contributed by atoms with Crippen molar-refractivity contribution in [3.8, 4) is 0 Å². The Kier molecular flexibility index (Phi) is 5.44. The number of hydrogen-bond donors (Lipinski definition) is 2. The third kappa shape index (κ3) is 4.47. The van der Waals surface area contributed by atoms with Gasteiger partial charge in [0.1, 0.15) is 11.6 Å². The standard InChI is InChI=1S/C16H11F5N2O3/c1-26-15(25)23-13-7-9(3-5-12(13)18)22-14(24)8-2-4-11(17)10(6-8)16(19,20)21/h2-7H,1H3,(H,22,24)(H,23,25). The van der Waals surface area contributed by atoms with E-state index in [2.05, 4.69) is 15.4 Å². The molecule has 0 heterocycles. The minimum atomic E-state index is -4.96. The summed E-state index contributed by atoms with van der Waals surface area (Å²) >= 11 is 0. The van der Waals surface area contributed by atoms with E-state index < -0.39 is 40.9 Å². The Morgan fingerprint density at radius 1 is 0.962 bits per heavy atom. The molecular formula is C16H11F5N2O3. The zero-order valence-electron chi connectivity index (χ0n) is 13.1. The van der Waals surface area contributed by atoms with Crippen molar-refractivity contribution < 1.29 is 36.3 Å². The fourth-order valence-electron chi connectivity index (χ4n) is 1.95. The highest BCUT2D eigenvalue weighted by Gasteiger charge is 2.34. The molecule has 0 aromatic heterocycles. The maximum atomic E-state index is 13.6. The van der Waals surface area contributed by atoms with Crippen LogP contribution in [0.1, 0.15) is 15.9 Å². The smallest absolute Gasteiger partial charge is 0.419 e. The van der Waals surface area contributed by atoms with Gasteiger partial charge in [-0.1, -0.05) is 0 Å². The molecule has 2 N–H and O–H groups in total. The first-order valence-corrected chi connectivity index (χ1v) is 6.94. The predicted molar refractivity (Wildman–Crippen MR) is 81.8 cm³/mol. The van der Waals surface area contributed by atoms with Crippen LogP contribution in [0.15, 0.2) is 36.4 Å². The van der Waals surface area contributed by atoms with Gasteiger partial charge >= 0.3 is 12.3 Å². The SMILES string of the molecule is COC(=O)Nc1cc(NC(=O)c2ccc(F)c(C(F)(F)F)c2)ccc1F. The molecule has 0 fully saturated rings. The van der Waals surface area contributed by atoms with Gasteiger partial charge in [-0.25, -0.2) is 13.6 Å². The van der Waals surface area contributed by atoms with Gasteiger partial charge in [0.2, 0.25) is 0 Å². The first-order valence-electron chi connectivity index (χ1n) is 6.94. The van der Waals surface area contributed by atoms with Crippen LogP contribution in [0.2, 0.25) is 0 Å². The first kappa shape index (κ1) is 19.2. The van der Waals surface area contributed by atoms with Crippen LogP contribution in [0.5, 0.6) is 0 Å². The fraction of sp³-hybridized carbons (Fsp3) is 0.125. The van der Waals surface area contributed by atoms with Gasteiger partial charge in [-0.2, -0.15) is 13.2 Å². The van der Waals surface area contributed by atoms with E-state index in [1.807, 2.05) is 0 Å². The normalized spacial score (nSPS) is 11.0. The highest BCUT2D eigenvalue weighted by atomic mass is 19.4. The molecule has 10 heteroatoms. The molecule has 138 valence electrons. The van der Waals surface area contributed by atoms with E-state index in [1.165, 1.54) is 0 Å². The average molecular weight is 374 g/mol. The first-order chi connectivity index (χ1) is 12.1. The third-order valence-electron chi connectivity index (χ3n) is 3.18. The number of nitrogens with one attached hydrogen (secondary N) is 2. The Balaban J connectivity index is 2.25. The topological polar surface area (TPSA) is 67.4 Å². The Bertz CT molecular complexity index is 852. The summed E-state index contributed by atoms with van der Waals surface area (Å²) in [5.74, 6) is -3.32. The summed E-state index contributed by atoms with van der Waals surface area (Å²) < 4.78 is 69.3. The van der Waals surface area contributed by atoms with Gasteiger partial charge in [0.05, 0.1) is 18.4 Å². The second-order valence-corrected chi connectivity index (χ2v) is 4.96. The summed E-state index contributed by atoms with van der Waals surface area (Å²) in [5, 5.41) is 4.29. The molecule has 0 saturated carbocycles. The average Bonchev–Trinajstić information content (AvgIpc) is 2.57. The molecule has 2 aromatic rings. The molecule has 5 nitrogen and oxygen atoms in total. The Hall–Kier alpha value is -3.17. The molecule has 0 aliphatic heterocycles. The number of anilines is 2. The van der Waals surface area contributed by atoms with Crippen molar-refractivity contribution in [1.82, 2.24) is 0 Å². The van der Waals surface area contributed by atoms with E-state index in [0.717, 1.165) is 31.4 Å². The highest BCUT2D eigenvalue weighted by molar-refractivity contribution is 6.04. The number of benzene rings is 2. The van der Waals surface area contributed by atoms with Crippen LogP contribution in [0, 0.1) is 11.6 Å². The van der Waals surface area contributed by atoms with Gasteiger partial charge in [0.15, 0.2) is 0 Å². The number of hydrogen-bond acceptors (Lipinski definition) is 3. The molecule has 0 aliphatic rings. The van der Waals surface area contributed by atoms with Gasteiger partial charge in [0.25, 0.3) is 5.91 Å². The summed E-state index contributed by atoms with van der Waals surface area (Å²) in [6.07, 6.45) is -5.92. The maximum absolute atomic E-state index is 13.6. The Labute approximate surface area is 143 Å². The molecule has 2 aromatic carbocycles. The quantitative estimate of drug-likeness (QED) is 0.782. The lowest BCUT2D eigenvalue weighted by molar-refractivity contribution is -0.140. The second-order valence-electron chi connectivity index (χ2n) is 4.96. The Morgan fingerprint density at radius 3 is 2.23 bits per heavy atom. The number of amides is 2. The number of carbonyl (C=O) groups is 2. The van der Waals surface area contributed by atoms with Crippen molar-refractivity contribution in [3.63, 3.8) is 0 Å². The molecule has 0 saturated heterocycles. The van der Waals surface area contributed by atoms with Gasteiger partial charge in [-0.15, -0.1) is 0 Å². The van der Waals surface area contributed by atoms with Crippen LogP contribution in [-0.2, 0) is 10.9 Å². The van der Waals surface area contributed by atoms with Crippen molar-refractivity contribution in [3.05, 3.63) is 59.2 Å². The molecule has 0 bridgehead atoms. The molecule has 2 rings (SSSR count). The molecule has 0 aliphatic carbocycles. The van der Waals surface area contributed by atoms with Gasteiger partial charge < -0.3 is 10.1 Å². The fourth-order valence-corrected chi connectivity index (χ4v) is 1.95. The molecule has 0 unspecified atom stereocenters. The number of carbonyl (C=O) groups excluding carboxylic acids is 2. The van der Waals surface area contributed by atoms with E-state index in [1.54, 1.807) is 0 Å².